The Morgan fingerprint density at radius 1 is 1.20 bits per heavy atom. The van der Waals surface area contributed by atoms with Gasteiger partial charge in [0.05, 0.1) is 11.6 Å². The van der Waals surface area contributed by atoms with Gasteiger partial charge in [-0.3, -0.25) is 0 Å². The van der Waals surface area contributed by atoms with Crippen molar-refractivity contribution in [3.05, 3.63) is 34.9 Å². The van der Waals surface area contributed by atoms with Gasteiger partial charge in [-0.1, -0.05) is 54.5 Å². The van der Waals surface area contributed by atoms with Crippen LogP contribution in [0.4, 0.5) is 0 Å². The summed E-state index contributed by atoms with van der Waals surface area (Å²) in [7, 11) is 0. The summed E-state index contributed by atoms with van der Waals surface area (Å²) in [5.41, 5.74) is 4.00. The molecule has 1 aliphatic carbocycles. The molecule has 0 amide bonds. The molecular formula is C19H31N. The quantitative estimate of drug-likeness (QED) is 0.662. The van der Waals surface area contributed by atoms with Crippen molar-refractivity contribution in [3.8, 4) is 6.07 Å². The van der Waals surface area contributed by atoms with Gasteiger partial charge in [-0.15, -0.1) is 0 Å². The Labute approximate surface area is 126 Å². The van der Waals surface area contributed by atoms with Gasteiger partial charge in [0, 0.05) is 0 Å². The molecule has 0 radical (unpaired) electrons. The molecule has 0 spiro atoms. The first-order valence-electron chi connectivity index (χ1n) is 8.17. The molecule has 1 atom stereocenters. The highest BCUT2D eigenvalue weighted by molar-refractivity contribution is 5.45. The number of aryl methyl sites for hydroxylation is 1. The zero-order chi connectivity index (χ0) is 15.8. The molecule has 1 nitrogen and oxygen atoms in total. The van der Waals surface area contributed by atoms with Crippen LogP contribution in [0.15, 0.2) is 18.2 Å². The Hall–Kier alpha value is -1.29. The first-order valence-corrected chi connectivity index (χ1v) is 8.17. The van der Waals surface area contributed by atoms with E-state index in [1.54, 1.807) is 0 Å². The van der Waals surface area contributed by atoms with Crippen LogP contribution in [-0.4, -0.2) is 0 Å². The average molecular weight is 273 g/mol. The van der Waals surface area contributed by atoms with Gasteiger partial charge in [-0.05, 0) is 53.9 Å². The van der Waals surface area contributed by atoms with Gasteiger partial charge >= 0.3 is 0 Å². The molecule has 1 aromatic rings. The number of benzene rings is 1. The smallest absolute Gasteiger partial charge is 0.0991 e. The minimum atomic E-state index is 0.308. The first kappa shape index (κ1) is 18.7. The molecule has 2 rings (SSSR count). The second-order valence-corrected chi connectivity index (χ2v) is 5.15. The minimum Gasteiger partial charge on any atom is -0.192 e. The van der Waals surface area contributed by atoms with Crippen molar-refractivity contribution in [2.24, 2.45) is 5.92 Å². The van der Waals surface area contributed by atoms with E-state index in [2.05, 4.69) is 39.0 Å². The van der Waals surface area contributed by atoms with Gasteiger partial charge in [0.25, 0.3) is 0 Å². The van der Waals surface area contributed by atoms with Gasteiger partial charge in [0.1, 0.15) is 0 Å². The van der Waals surface area contributed by atoms with Gasteiger partial charge in [0.15, 0.2) is 0 Å². The van der Waals surface area contributed by atoms with E-state index in [1.807, 2.05) is 33.8 Å². The summed E-state index contributed by atoms with van der Waals surface area (Å²) in [4.78, 5) is 0. The van der Waals surface area contributed by atoms with Crippen LogP contribution in [0.1, 0.15) is 78.0 Å². The van der Waals surface area contributed by atoms with Crippen molar-refractivity contribution < 1.29 is 0 Å². The summed E-state index contributed by atoms with van der Waals surface area (Å²) in [6.45, 7) is 14.9. The summed E-state index contributed by atoms with van der Waals surface area (Å²) in [6, 6.07) is 8.47. The molecule has 0 saturated heterocycles. The topological polar surface area (TPSA) is 23.8 Å². The molecule has 0 saturated carbocycles. The second kappa shape index (κ2) is 8.80. The summed E-state index contributed by atoms with van der Waals surface area (Å²) in [5, 5.41) is 9.00. The zero-order valence-electron chi connectivity index (χ0n) is 14.4. The van der Waals surface area contributed by atoms with Gasteiger partial charge in [-0.25, -0.2) is 0 Å². The lowest BCUT2D eigenvalue weighted by Crippen LogP contribution is -2.28. The lowest BCUT2D eigenvalue weighted by atomic mass is 9.70. The fourth-order valence-corrected chi connectivity index (χ4v) is 3.20. The van der Waals surface area contributed by atoms with Crippen molar-refractivity contribution in [1.82, 2.24) is 0 Å². The van der Waals surface area contributed by atoms with Crippen LogP contribution in [-0.2, 0) is 11.8 Å². The number of nitrogens with zero attached hydrogens (tertiary/aromatic N) is 1. The molecule has 0 bridgehead atoms. The van der Waals surface area contributed by atoms with E-state index in [0.717, 1.165) is 5.56 Å². The highest BCUT2D eigenvalue weighted by atomic mass is 14.4. The maximum atomic E-state index is 9.00. The molecule has 1 aliphatic rings. The molecule has 0 aliphatic heterocycles. The van der Waals surface area contributed by atoms with Crippen molar-refractivity contribution in [2.75, 3.05) is 0 Å². The number of rotatable bonds is 2. The predicted molar refractivity (Wildman–Crippen MR) is 89.0 cm³/mol. The van der Waals surface area contributed by atoms with Gasteiger partial charge in [-0.2, -0.15) is 5.26 Å². The number of nitriles is 1. The fourth-order valence-electron chi connectivity index (χ4n) is 3.20. The molecule has 0 N–H and O–H groups in total. The molecular weight excluding hydrogens is 242 g/mol. The molecule has 1 aromatic carbocycles. The summed E-state index contributed by atoms with van der Waals surface area (Å²) >= 11 is 0. The Balaban J connectivity index is 0.000000829. The number of hydrogen-bond acceptors (Lipinski definition) is 1. The Morgan fingerprint density at radius 3 is 2.25 bits per heavy atom. The maximum absolute atomic E-state index is 9.00. The van der Waals surface area contributed by atoms with Crippen LogP contribution in [0.2, 0.25) is 0 Å². The Bertz CT molecular complexity index is 440. The molecule has 0 fully saturated rings. The van der Waals surface area contributed by atoms with E-state index in [-0.39, 0.29) is 0 Å². The monoisotopic (exact) mass is 273 g/mol. The van der Waals surface area contributed by atoms with Crippen molar-refractivity contribution in [1.29, 1.82) is 5.26 Å². The lowest BCUT2D eigenvalue weighted by Gasteiger charge is -2.33. The van der Waals surface area contributed by atoms with Crippen LogP contribution in [0.25, 0.3) is 0 Å². The van der Waals surface area contributed by atoms with Crippen LogP contribution in [0, 0.1) is 17.2 Å². The third kappa shape index (κ3) is 3.42. The largest absolute Gasteiger partial charge is 0.192 e. The highest BCUT2D eigenvalue weighted by Gasteiger charge is 2.39. The molecule has 112 valence electrons. The van der Waals surface area contributed by atoms with E-state index < -0.39 is 0 Å². The van der Waals surface area contributed by atoms with Crippen molar-refractivity contribution >= 4 is 0 Å². The van der Waals surface area contributed by atoms with E-state index in [0.29, 0.717) is 11.3 Å². The SMILES string of the molecule is CC.CC.CCC1(C(C)C)CCc2ccc(C#N)cc21. The van der Waals surface area contributed by atoms with E-state index in [1.165, 1.54) is 30.4 Å². The second-order valence-electron chi connectivity index (χ2n) is 5.15. The maximum Gasteiger partial charge on any atom is 0.0991 e. The molecule has 1 unspecified atom stereocenters. The standard InChI is InChI=1S/C15H19N.2C2H6/c1-4-15(11(2)3)8-7-13-6-5-12(10-16)9-14(13)15;2*1-2/h5-6,9,11H,4,7-8H2,1-3H3;2*1-2H3. The van der Waals surface area contributed by atoms with Crippen LogP contribution < -0.4 is 0 Å². The Kier molecular flexibility index (Phi) is 8.23. The lowest BCUT2D eigenvalue weighted by molar-refractivity contribution is 0.294. The predicted octanol–water partition coefficient (Wildman–Crippen LogP) is 5.86. The Morgan fingerprint density at radius 2 is 1.80 bits per heavy atom. The zero-order valence-corrected chi connectivity index (χ0v) is 14.4. The fraction of sp³-hybridized carbons (Fsp3) is 0.632. The van der Waals surface area contributed by atoms with Crippen LogP contribution in [0.3, 0.4) is 0 Å². The van der Waals surface area contributed by atoms with Crippen LogP contribution in [0.5, 0.6) is 0 Å². The molecule has 0 aromatic heterocycles. The third-order valence-corrected chi connectivity index (χ3v) is 4.35. The highest BCUT2D eigenvalue weighted by Crippen LogP contribution is 2.46. The van der Waals surface area contributed by atoms with Gasteiger partial charge < -0.3 is 0 Å². The van der Waals surface area contributed by atoms with E-state index in [9.17, 15) is 0 Å². The van der Waals surface area contributed by atoms with Crippen molar-refractivity contribution in [2.45, 2.75) is 73.1 Å². The number of hydrogen-bond donors (Lipinski definition) is 0. The van der Waals surface area contributed by atoms with Crippen LogP contribution >= 0.6 is 0 Å². The van der Waals surface area contributed by atoms with Gasteiger partial charge in [0.2, 0.25) is 0 Å². The number of fused-ring (bicyclic) bond motifs is 1. The normalized spacial score (nSPS) is 19.1. The third-order valence-electron chi connectivity index (χ3n) is 4.35. The van der Waals surface area contributed by atoms with Crippen molar-refractivity contribution in [3.63, 3.8) is 0 Å². The van der Waals surface area contributed by atoms with E-state index in [4.69, 9.17) is 5.26 Å². The molecule has 20 heavy (non-hydrogen) atoms. The summed E-state index contributed by atoms with van der Waals surface area (Å²) < 4.78 is 0. The first-order chi connectivity index (χ1) is 9.64. The molecule has 0 heterocycles. The van der Waals surface area contributed by atoms with E-state index >= 15 is 0 Å². The molecule has 1 heteroatoms. The minimum absolute atomic E-state index is 0.308. The summed E-state index contributed by atoms with van der Waals surface area (Å²) in [5.74, 6) is 0.646. The summed E-state index contributed by atoms with van der Waals surface area (Å²) in [6.07, 6.45) is 3.59. The average Bonchev–Trinajstić information content (AvgIpc) is 2.90.